The Morgan fingerprint density at radius 1 is 0.846 bits per heavy atom. The number of fused-ring (bicyclic) bond motifs is 1. The summed E-state index contributed by atoms with van der Waals surface area (Å²) in [5, 5.41) is 12.8. The first-order valence-electron chi connectivity index (χ1n) is 8.04. The van der Waals surface area contributed by atoms with Crippen molar-refractivity contribution in [2.75, 3.05) is 6.26 Å². The molecule has 0 unspecified atom stereocenters. The van der Waals surface area contributed by atoms with E-state index in [1.165, 1.54) is 0 Å². The Hall–Kier alpha value is -3.06. The molecule has 26 heavy (non-hydrogen) atoms. The lowest BCUT2D eigenvalue weighted by molar-refractivity contribution is 0.595. The van der Waals surface area contributed by atoms with Gasteiger partial charge in [0.1, 0.15) is 5.69 Å². The number of aromatic nitrogens is 4. The van der Waals surface area contributed by atoms with E-state index in [1.807, 2.05) is 67.6 Å². The molecule has 0 bridgehead atoms. The van der Waals surface area contributed by atoms with Gasteiger partial charge in [-0.15, -0.1) is 10.2 Å². The van der Waals surface area contributed by atoms with Gasteiger partial charge in [-0.1, -0.05) is 60.7 Å². The Bertz CT molecular complexity index is 1200. The topological polar surface area (TPSA) is 77.2 Å². The van der Waals surface area contributed by atoms with Crippen LogP contribution >= 0.6 is 0 Å². The third-order valence-electron chi connectivity index (χ3n) is 4.15. The fourth-order valence-electron chi connectivity index (χ4n) is 3.03. The molecule has 0 spiro atoms. The predicted octanol–water partition coefficient (Wildman–Crippen LogP) is 3.17. The van der Waals surface area contributed by atoms with Crippen LogP contribution in [0.4, 0.5) is 0 Å². The molecule has 7 heteroatoms. The molecule has 130 valence electrons. The molecule has 0 atom stereocenters. The van der Waals surface area contributed by atoms with Gasteiger partial charge in [0.05, 0.1) is 11.3 Å². The van der Waals surface area contributed by atoms with Gasteiger partial charge in [0.15, 0.2) is 15.5 Å². The number of sulfone groups is 1. The zero-order valence-corrected chi connectivity index (χ0v) is 15.1. The van der Waals surface area contributed by atoms with Crippen molar-refractivity contribution in [2.45, 2.75) is 11.9 Å². The number of rotatable bonds is 3. The van der Waals surface area contributed by atoms with E-state index in [1.54, 1.807) is 4.52 Å². The van der Waals surface area contributed by atoms with Crippen LogP contribution in [0.5, 0.6) is 0 Å². The molecular formula is C19H16N4O2S. The largest absolute Gasteiger partial charge is 0.222 e. The van der Waals surface area contributed by atoms with Gasteiger partial charge < -0.3 is 0 Å². The minimum atomic E-state index is -3.58. The van der Waals surface area contributed by atoms with Gasteiger partial charge in [0.2, 0.25) is 5.03 Å². The summed E-state index contributed by atoms with van der Waals surface area (Å²) in [5.41, 5.74) is 4.22. The van der Waals surface area contributed by atoms with Crippen LogP contribution in [-0.2, 0) is 9.84 Å². The minimum Gasteiger partial charge on any atom is -0.222 e. The van der Waals surface area contributed by atoms with E-state index in [0.717, 1.165) is 28.6 Å². The summed E-state index contributed by atoms with van der Waals surface area (Å²) >= 11 is 0. The second kappa shape index (κ2) is 6.03. The molecule has 4 rings (SSSR count). The van der Waals surface area contributed by atoms with E-state index < -0.39 is 9.84 Å². The first-order chi connectivity index (χ1) is 12.5. The molecule has 0 aliphatic rings. The molecule has 2 aromatic heterocycles. The number of aryl methyl sites for hydroxylation is 1. The van der Waals surface area contributed by atoms with E-state index in [0.29, 0.717) is 11.3 Å². The van der Waals surface area contributed by atoms with Gasteiger partial charge in [-0.05, 0) is 12.5 Å². The van der Waals surface area contributed by atoms with E-state index in [9.17, 15) is 8.42 Å². The van der Waals surface area contributed by atoms with Gasteiger partial charge in [-0.2, -0.15) is 5.10 Å². The summed E-state index contributed by atoms with van der Waals surface area (Å²) in [6.07, 6.45) is 1.13. The van der Waals surface area contributed by atoms with Crippen LogP contribution in [0.3, 0.4) is 0 Å². The fraction of sp³-hybridized carbons (Fsp3) is 0.105. The lowest BCUT2D eigenvalue weighted by Crippen LogP contribution is -2.10. The first kappa shape index (κ1) is 16.4. The van der Waals surface area contributed by atoms with Gasteiger partial charge >= 0.3 is 0 Å². The summed E-state index contributed by atoms with van der Waals surface area (Å²) in [4.78, 5) is 0. The highest BCUT2D eigenvalue weighted by atomic mass is 32.2. The molecule has 6 nitrogen and oxygen atoms in total. The summed E-state index contributed by atoms with van der Waals surface area (Å²) in [7, 11) is -3.58. The first-order valence-corrected chi connectivity index (χ1v) is 9.93. The van der Waals surface area contributed by atoms with Crippen LogP contribution in [0.1, 0.15) is 5.69 Å². The molecule has 0 N–H and O–H groups in total. The monoisotopic (exact) mass is 364 g/mol. The summed E-state index contributed by atoms with van der Waals surface area (Å²) in [5.74, 6) is 0. The SMILES string of the molecule is Cc1nn2c(-c3ccccc3)c(S(C)(=O)=O)nnc2c1-c1ccccc1. The lowest BCUT2D eigenvalue weighted by Gasteiger charge is -2.09. The predicted molar refractivity (Wildman–Crippen MR) is 99.5 cm³/mol. The van der Waals surface area contributed by atoms with Crippen molar-refractivity contribution < 1.29 is 8.42 Å². The Morgan fingerprint density at radius 2 is 1.42 bits per heavy atom. The molecule has 2 heterocycles. The normalized spacial score (nSPS) is 11.8. The van der Waals surface area contributed by atoms with Crippen molar-refractivity contribution in [3.05, 3.63) is 66.4 Å². The van der Waals surface area contributed by atoms with E-state index in [4.69, 9.17) is 0 Å². The second-order valence-electron chi connectivity index (χ2n) is 6.05. The maximum atomic E-state index is 12.3. The van der Waals surface area contributed by atoms with Crippen LogP contribution in [-0.4, -0.2) is 34.5 Å². The quantitative estimate of drug-likeness (QED) is 0.558. The zero-order chi connectivity index (χ0) is 18.3. The highest BCUT2D eigenvalue weighted by Gasteiger charge is 2.24. The van der Waals surface area contributed by atoms with Crippen molar-refractivity contribution in [3.8, 4) is 22.4 Å². The van der Waals surface area contributed by atoms with E-state index in [-0.39, 0.29) is 5.03 Å². The van der Waals surface area contributed by atoms with Crippen molar-refractivity contribution in [2.24, 2.45) is 0 Å². The van der Waals surface area contributed by atoms with E-state index in [2.05, 4.69) is 15.3 Å². The zero-order valence-electron chi connectivity index (χ0n) is 14.3. The molecular weight excluding hydrogens is 348 g/mol. The summed E-state index contributed by atoms with van der Waals surface area (Å²) in [6, 6.07) is 19.0. The van der Waals surface area contributed by atoms with Crippen LogP contribution in [0.15, 0.2) is 65.7 Å². The molecule has 0 saturated carbocycles. The maximum absolute atomic E-state index is 12.3. The van der Waals surface area contributed by atoms with Gasteiger partial charge in [-0.3, -0.25) is 0 Å². The smallest absolute Gasteiger partial charge is 0.203 e. The summed E-state index contributed by atoms with van der Waals surface area (Å²) in [6.45, 7) is 1.88. The number of benzene rings is 2. The van der Waals surface area contributed by atoms with Crippen LogP contribution < -0.4 is 0 Å². The number of hydrogen-bond acceptors (Lipinski definition) is 5. The Morgan fingerprint density at radius 3 is 2.00 bits per heavy atom. The van der Waals surface area contributed by atoms with Crippen LogP contribution in [0.2, 0.25) is 0 Å². The molecule has 0 aliphatic heterocycles. The van der Waals surface area contributed by atoms with Crippen molar-refractivity contribution in [1.82, 2.24) is 19.8 Å². The fourth-order valence-corrected chi connectivity index (χ4v) is 3.77. The van der Waals surface area contributed by atoms with Crippen LogP contribution in [0, 0.1) is 6.92 Å². The van der Waals surface area contributed by atoms with Gasteiger partial charge in [0, 0.05) is 11.8 Å². The standard InChI is InChI=1S/C19H16N4O2S/c1-13-16(14-9-5-3-6-10-14)18-20-21-19(26(2,24)25)17(23(18)22-13)15-11-7-4-8-12-15/h3-12H,1-2H3. The third kappa shape index (κ3) is 2.66. The highest BCUT2D eigenvalue weighted by Crippen LogP contribution is 2.32. The number of nitrogens with zero attached hydrogens (tertiary/aromatic N) is 4. The third-order valence-corrected chi connectivity index (χ3v) is 5.12. The lowest BCUT2D eigenvalue weighted by atomic mass is 10.1. The van der Waals surface area contributed by atoms with Crippen molar-refractivity contribution in [1.29, 1.82) is 0 Å². The van der Waals surface area contributed by atoms with Crippen molar-refractivity contribution >= 4 is 15.5 Å². The number of hydrogen-bond donors (Lipinski definition) is 0. The average Bonchev–Trinajstić information content (AvgIpc) is 2.97. The average molecular weight is 364 g/mol. The summed E-state index contributed by atoms with van der Waals surface area (Å²) < 4.78 is 26.2. The molecule has 0 fully saturated rings. The molecule has 4 aromatic rings. The molecule has 0 amide bonds. The van der Waals surface area contributed by atoms with Gasteiger partial charge in [0.25, 0.3) is 0 Å². The minimum absolute atomic E-state index is 0.0849. The van der Waals surface area contributed by atoms with Crippen LogP contribution in [0.25, 0.3) is 28.0 Å². The molecule has 0 saturated heterocycles. The van der Waals surface area contributed by atoms with Gasteiger partial charge in [-0.25, -0.2) is 12.9 Å². The molecule has 0 aliphatic carbocycles. The highest BCUT2D eigenvalue weighted by molar-refractivity contribution is 7.90. The second-order valence-corrected chi connectivity index (χ2v) is 7.98. The molecule has 2 aromatic carbocycles. The molecule has 0 radical (unpaired) electrons. The Labute approximate surface area is 151 Å². The Kier molecular flexibility index (Phi) is 3.81. The van der Waals surface area contributed by atoms with E-state index >= 15 is 0 Å². The maximum Gasteiger partial charge on any atom is 0.203 e. The van der Waals surface area contributed by atoms with Crippen molar-refractivity contribution in [3.63, 3.8) is 0 Å². The Balaban J connectivity index is 2.13.